The maximum Gasteiger partial charge on any atom is 0.0462 e. The number of anilines is 3. The molecule has 0 heterocycles. The highest BCUT2D eigenvalue weighted by Gasteiger charge is 2.14. The van der Waals surface area contributed by atoms with Gasteiger partial charge in [-0.3, -0.25) is 0 Å². The van der Waals surface area contributed by atoms with Crippen molar-refractivity contribution in [2.24, 2.45) is 0 Å². The van der Waals surface area contributed by atoms with Crippen LogP contribution in [-0.4, -0.2) is 0 Å². The summed E-state index contributed by atoms with van der Waals surface area (Å²) >= 11 is 0. The second-order valence-corrected chi connectivity index (χ2v) is 10.7. The third-order valence-electron chi connectivity index (χ3n) is 7.92. The van der Waals surface area contributed by atoms with E-state index in [1.807, 2.05) is 0 Å². The average molecular weight is 550 g/mol. The van der Waals surface area contributed by atoms with Crippen LogP contribution in [0.15, 0.2) is 188 Å². The topological polar surface area (TPSA) is 3.24 Å². The zero-order valence-corrected chi connectivity index (χ0v) is 23.8. The molecule has 0 N–H and O–H groups in total. The van der Waals surface area contributed by atoms with Crippen LogP contribution in [0.25, 0.3) is 44.5 Å². The van der Waals surface area contributed by atoms with Crippen molar-refractivity contribution < 1.29 is 0 Å². The number of rotatable bonds is 7. The lowest BCUT2D eigenvalue weighted by molar-refractivity contribution is 1.28. The second-order valence-electron chi connectivity index (χ2n) is 10.7. The zero-order chi connectivity index (χ0) is 28.8. The Labute approximate surface area is 254 Å². The van der Waals surface area contributed by atoms with Crippen molar-refractivity contribution in [2.75, 3.05) is 4.90 Å². The highest BCUT2D eigenvalue weighted by molar-refractivity contribution is 5.81. The van der Waals surface area contributed by atoms with Gasteiger partial charge in [0.25, 0.3) is 0 Å². The lowest BCUT2D eigenvalue weighted by Gasteiger charge is -2.26. The molecule has 0 unspecified atom stereocenters. The minimum absolute atomic E-state index is 1.12. The van der Waals surface area contributed by atoms with E-state index in [1.54, 1.807) is 0 Å². The first-order chi connectivity index (χ1) is 21.3. The maximum atomic E-state index is 2.33. The van der Waals surface area contributed by atoms with Crippen molar-refractivity contribution in [1.29, 1.82) is 0 Å². The Bertz CT molecular complexity index is 1810. The molecule has 0 amide bonds. The van der Waals surface area contributed by atoms with Gasteiger partial charge in [0.15, 0.2) is 0 Å². The summed E-state index contributed by atoms with van der Waals surface area (Å²) in [7, 11) is 0. The molecule has 0 spiro atoms. The van der Waals surface area contributed by atoms with Crippen molar-refractivity contribution in [3.8, 4) is 44.5 Å². The molecule has 0 aliphatic heterocycles. The summed E-state index contributed by atoms with van der Waals surface area (Å²) in [5, 5.41) is 0. The van der Waals surface area contributed by atoms with Gasteiger partial charge >= 0.3 is 0 Å². The fourth-order valence-corrected chi connectivity index (χ4v) is 5.60. The van der Waals surface area contributed by atoms with Crippen molar-refractivity contribution in [3.63, 3.8) is 0 Å². The Morgan fingerprint density at radius 2 is 0.372 bits per heavy atom. The summed E-state index contributed by atoms with van der Waals surface area (Å²) in [6, 6.07) is 66.9. The molecular weight excluding hydrogens is 518 g/mol. The van der Waals surface area contributed by atoms with Gasteiger partial charge < -0.3 is 4.90 Å². The Hall–Kier alpha value is -5.66. The summed E-state index contributed by atoms with van der Waals surface area (Å²) in [4.78, 5) is 2.33. The van der Waals surface area contributed by atoms with Gasteiger partial charge in [0.05, 0.1) is 0 Å². The van der Waals surface area contributed by atoms with Crippen molar-refractivity contribution >= 4 is 17.1 Å². The van der Waals surface area contributed by atoms with Gasteiger partial charge in [-0.25, -0.2) is 0 Å². The predicted octanol–water partition coefficient (Wildman–Crippen LogP) is 11.8. The molecular formula is C42H31N. The van der Waals surface area contributed by atoms with Gasteiger partial charge in [-0.1, -0.05) is 152 Å². The lowest BCUT2D eigenvalue weighted by atomic mass is 10.00. The van der Waals surface area contributed by atoms with Crippen LogP contribution in [0.2, 0.25) is 0 Å². The molecule has 0 aliphatic carbocycles. The van der Waals surface area contributed by atoms with Crippen LogP contribution in [0.4, 0.5) is 17.1 Å². The van der Waals surface area contributed by atoms with Crippen molar-refractivity contribution in [2.45, 2.75) is 0 Å². The van der Waals surface area contributed by atoms with E-state index >= 15 is 0 Å². The molecule has 7 aromatic rings. The average Bonchev–Trinajstić information content (AvgIpc) is 3.11. The van der Waals surface area contributed by atoms with Gasteiger partial charge in [0, 0.05) is 17.1 Å². The number of hydrogen-bond acceptors (Lipinski definition) is 1. The number of nitrogens with zero attached hydrogens (tertiary/aromatic N) is 1. The van der Waals surface area contributed by atoms with Crippen LogP contribution in [0, 0.1) is 0 Å². The summed E-state index contributed by atoms with van der Waals surface area (Å²) in [5.74, 6) is 0. The van der Waals surface area contributed by atoms with Gasteiger partial charge in [0.1, 0.15) is 0 Å². The van der Waals surface area contributed by atoms with Gasteiger partial charge in [-0.15, -0.1) is 0 Å². The molecule has 1 nitrogen and oxygen atoms in total. The van der Waals surface area contributed by atoms with Gasteiger partial charge in [-0.2, -0.15) is 0 Å². The summed E-state index contributed by atoms with van der Waals surface area (Å²) < 4.78 is 0. The van der Waals surface area contributed by atoms with Crippen molar-refractivity contribution in [3.05, 3.63) is 188 Å². The largest absolute Gasteiger partial charge is 0.311 e. The Kier molecular flexibility index (Phi) is 7.36. The van der Waals surface area contributed by atoms with Crippen LogP contribution >= 0.6 is 0 Å². The molecule has 0 radical (unpaired) electrons. The van der Waals surface area contributed by atoms with E-state index in [2.05, 4.69) is 193 Å². The van der Waals surface area contributed by atoms with E-state index in [9.17, 15) is 0 Å². The minimum atomic E-state index is 1.12. The molecule has 43 heavy (non-hydrogen) atoms. The third kappa shape index (κ3) is 5.75. The fraction of sp³-hybridized carbons (Fsp3) is 0. The van der Waals surface area contributed by atoms with Gasteiger partial charge in [-0.05, 0) is 80.9 Å². The molecule has 0 bridgehead atoms. The second kappa shape index (κ2) is 12.1. The van der Waals surface area contributed by atoms with E-state index in [0.29, 0.717) is 0 Å². The van der Waals surface area contributed by atoms with Crippen LogP contribution < -0.4 is 4.90 Å². The first kappa shape index (κ1) is 26.3. The van der Waals surface area contributed by atoms with E-state index in [-0.39, 0.29) is 0 Å². The van der Waals surface area contributed by atoms with Crippen LogP contribution in [-0.2, 0) is 0 Å². The van der Waals surface area contributed by atoms with E-state index in [0.717, 1.165) is 17.1 Å². The van der Waals surface area contributed by atoms with E-state index < -0.39 is 0 Å². The Balaban J connectivity index is 1.22. The molecule has 0 atom stereocenters. The SMILES string of the molecule is c1ccc(-c2ccc(-c3ccc(N(c4ccc(-c5ccccc5)cc4)c4ccc(-c5ccccc5)cc4)cc3)cc2)cc1. The summed E-state index contributed by atoms with van der Waals surface area (Å²) in [5.41, 5.74) is 13.1. The van der Waals surface area contributed by atoms with Crippen LogP contribution in [0.5, 0.6) is 0 Å². The summed E-state index contributed by atoms with van der Waals surface area (Å²) in [6.07, 6.45) is 0. The third-order valence-corrected chi connectivity index (χ3v) is 7.92. The molecule has 7 rings (SSSR count). The number of benzene rings is 7. The zero-order valence-electron chi connectivity index (χ0n) is 23.8. The molecule has 1 heteroatoms. The standard InChI is InChI=1S/C42H31N/c1-4-10-32(11-5-1)35-16-18-36(19-17-35)39-24-30-42(31-25-39)43(40-26-20-37(21-27-40)33-12-6-2-7-13-33)41-28-22-38(23-29-41)34-14-8-3-9-15-34/h1-31H. The highest BCUT2D eigenvalue weighted by Crippen LogP contribution is 2.37. The molecule has 0 saturated heterocycles. The quantitative estimate of drug-likeness (QED) is 0.191. The van der Waals surface area contributed by atoms with E-state index in [4.69, 9.17) is 0 Å². The van der Waals surface area contributed by atoms with Crippen LogP contribution in [0.3, 0.4) is 0 Å². The fourth-order valence-electron chi connectivity index (χ4n) is 5.60. The first-order valence-corrected chi connectivity index (χ1v) is 14.7. The Morgan fingerprint density at radius 1 is 0.186 bits per heavy atom. The maximum absolute atomic E-state index is 2.33. The van der Waals surface area contributed by atoms with E-state index in [1.165, 1.54) is 44.5 Å². The summed E-state index contributed by atoms with van der Waals surface area (Å²) in [6.45, 7) is 0. The smallest absolute Gasteiger partial charge is 0.0462 e. The molecule has 0 aromatic heterocycles. The predicted molar refractivity (Wildman–Crippen MR) is 183 cm³/mol. The van der Waals surface area contributed by atoms with Crippen molar-refractivity contribution in [1.82, 2.24) is 0 Å². The minimum Gasteiger partial charge on any atom is -0.311 e. The highest BCUT2D eigenvalue weighted by atomic mass is 15.1. The molecule has 204 valence electrons. The van der Waals surface area contributed by atoms with Gasteiger partial charge in [0.2, 0.25) is 0 Å². The molecule has 0 aliphatic rings. The molecule has 0 fully saturated rings. The molecule has 7 aromatic carbocycles. The normalized spacial score (nSPS) is 10.8. The van der Waals surface area contributed by atoms with Crippen LogP contribution in [0.1, 0.15) is 0 Å². The molecule has 0 saturated carbocycles. The Morgan fingerprint density at radius 3 is 0.605 bits per heavy atom. The lowest BCUT2D eigenvalue weighted by Crippen LogP contribution is -2.09. The monoisotopic (exact) mass is 549 g/mol. The first-order valence-electron chi connectivity index (χ1n) is 14.7. The number of hydrogen-bond donors (Lipinski definition) is 0.